The Bertz CT molecular complexity index is 548. The minimum Gasteiger partial charge on any atom is -0.398 e. The fourth-order valence-corrected chi connectivity index (χ4v) is 3.65. The van der Waals surface area contributed by atoms with E-state index in [1.165, 1.54) is 18.2 Å². The smallest absolute Gasteiger partial charge is 0.242 e. The Kier molecular flexibility index (Phi) is 5.86. The molecule has 1 aromatic carbocycles. The molecule has 0 bridgehead atoms. The molecule has 0 atom stereocenters. The molecule has 0 heterocycles. The number of nitrogen functional groups attached to an aromatic ring is 1. The Morgan fingerprint density at radius 2 is 1.75 bits per heavy atom. The summed E-state index contributed by atoms with van der Waals surface area (Å²) < 4.78 is 27.2. The maximum Gasteiger partial charge on any atom is 0.242 e. The predicted octanol–water partition coefficient (Wildman–Crippen LogP) is 3.13. The molecule has 0 spiro atoms. The van der Waals surface area contributed by atoms with Crippen molar-refractivity contribution in [3.05, 3.63) is 23.2 Å². The number of nitrogens with one attached hydrogen (secondary N) is 1. The molecule has 0 saturated heterocycles. The second-order valence-electron chi connectivity index (χ2n) is 5.69. The number of hydrogen-bond acceptors (Lipinski definition) is 3. The number of sulfonamides is 1. The summed E-state index contributed by atoms with van der Waals surface area (Å²) in [6.45, 7) is 8.77. The van der Waals surface area contributed by atoms with Gasteiger partial charge in [0.05, 0.1) is 5.69 Å². The van der Waals surface area contributed by atoms with Crippen LogP contribution in [0.1, 0.15) is 27.7 Å². The molecule has 1 aromatic rings. The molecule has 0 radical (unpaired) electrons. The van der Waals surface area contributed by atoms with E-state index in [0.29, 0.717) is 23.4 Å². The van der Waals surface area contributed by atoms with Gasteiger partial charge in [-0.3, -0.25) is 0 Å². The first-order valence-electron chi connectivity index (χ1n) is 6.70. The summed E-state index contributed by atoms with van der Waals surface area (Å²) >= 11 is 5.78. The molecule has 114 valence electrons. The van der Waals surface area contributed by atoms with Gasteiger partial charge in [0, 0.05) is 11.6 Å². The number of benzene rings is 1. The molecule has 4 nitrogen and oxygen atoms in total. The van der Waals surface area contributed by atoms with Crippen molar-refractivity contribution < 1.29 is 8.42 Å². The van der Waals surface area contributed by atoms with Gasteiger partial charge in [0.15, 0.2) is 0 Å². The zero-order valence-electron chi connectivity index (χ0n) is 12.4. The van der Waals surface area contributed by atoms with Crippen LogP contribution in [-0.4, -0.2) is 15.0 Å². The number of halogens is 1. The van der Waals surface area contributed by atoms with Crippen LogP contribution in [0, 0.1) is 17.8 Å². The molecule has 3 N–H and O–H groups in total. The van der Waals surface area contributed by atoms with Crippen molar-refractivity contribution in [2.24, 2.45) is 17.8 Å². The van der Waals surface area contributed by atoms with Crippen molar-refractivity contribution in [2.75, 3.05) is 12.3 Å². The van der Waals surface area contributed by atoms with E-state index in [-0.39, 0.29) is 16.5 Å². The van der Waals surface area contributed by atoms with Crippen molar-refractivity contribution in [1.82, 2.24) is 4.72 Å². The zero-order chi connectivity index (χ0) is 15.5. The third-order valence-electron chi connectivity index (χ3n) is 3.48. The van der Waals surface area contributed by atoms with Crippen molar-refractivity contribution in [3.63, 3.8) is 0 Å². The summed E-state index contributed by atoms with van der Waals surface area (Å²) in [5.74, 6) is 1.08. The number of rotatable bonds is 6. The first-order chi connectivity index (χ1) is 9.15. The van der Waals surface area contributed by atoms with Crippen molar-refractivity contribution >= 4 is 27.3 Å². The number of anilines is 1. The molecule has 0 aromatic heterocycles. The third-order valence-corrected chi connectivity index (χ3v) is 5.22. The van der Waals surface area contributed by atoms with Gasteiger partial charge in [0.2, 0.25) is 10.0 Å². The van der Waals surface area contributed by atoms with Gasteiger partial charge < -0.3 is 5.73 Å². The highest BCUT2D eigenvalue weighted by Crippen LogP contribution is 2.24. The van der Waals surface area contributed by atoms with Crippen LogP contribution in [-0.2, 0) is 10.0 Å². The Morgan fingerprint density at radius 1 is 1.20 bits per heavy atom. The van der Waals surface area contributed by atoms with Gasteiger partial charge in [-0.15, -0.1) is 0 Å². The first-order valence-corrected chi connectivity index (χ1v) is 8.56. The van der Waals surface area contributed by atoms with E-state index in [4.69, 9.17) is 17.3 Å². The number of hydrogen-bond donors (Lipinski definition) is 2. The van der Waals surface area contributed by atoms with Crippen LogP contribution in [0.3, 0.4) is 0 Å². The van der Waals surface area contributed by atoms with E-state index in [1.807, 2.05) is 0 Å². The standard InChI is InChI=1S/C14H23ClN2O2S/c1-9(2)12(10(3)4)8-17-20(18,19)14-6-5-11(15)7-13(14)16/h5-7,9-10,12,17H,8,16H2,1-4H3. The summed E-state index contributed by atoms with van der Waals surface area (Å²) in [5, 5.41) is 0.420. The average Bonchev–Trinajstić information content (AvgIpc) is 2.26. The van der Waals surface area contributed by atoms with Gasteiger partial charge in [0.25, 0.3) is 0 Å². The van der Waals surface area contributed by atoms with Gasteiger partial charge in [-0.1, -0.05) is 39.3 Å². The largest absolute Gasteiger partial charge is 0.398 e. The Hall–Kier alpha value is -0.780. The average molecular weight is 319 g/mol. The lowest BCUT2D eigenvalue weighted by Gasteiger charge is -2.25. The molecule has 0 amide bonds. The van der Waals surface area contributed by atoms with Crippen LogP contribution in [0.5, 0.6) is 0 Å². The highest BCUT2D eigenvalue weighted by molar-refractivity contribution is 7.89. The van der Waals surface area contributed by atoms with Gasteiger partial charge in [0.1, 0.15) is 4.90 Å². The normalized spacial score (nSPS) is 12.6. The minimum atomic E-state index is -3.60. The van der Waals surface area contributed by atoms with Gasteiger partial charge in [-0.2, -0.15) is 0 Å². The van der Waals surface area contributed by atoms with Crippen LogP contribution in [0.25, 0.3) is 0 Å². The molecule has 0 fully saturated rings. The number of nitrogens with two attached hydrogens (primary N) is 1. The molecule has 0 aliphatic heterocycles. The van der Waals surface area contributed by atoms with E-state index in [0.717, 1.165) is 0 Å². The van der Waals surface area contributed by atoms with Crippen molar-refractivity contribution in [2.45, 2.75) is 32.6 Å². The van der Waals surface area contributed by atoms with Crippen molar-refractivity contribution in [3.8, 4) is 0 Å². The molecule has 0 saturated carbocycles. The summed E-state index contributed by atoms with van der Waals surface area (Å²) in [7, 11) is -3.60. The van der Waals surface area contributed by atoms with Crippen LogP contribution < -0.4 is 10.5 Å². The predicted molar refractivity (Wildman–Crippen MR) is 84.2 cm³/mol. The van der Waals surface area contributed by atoms with Crippen LogP contribution in [0.4, 0.5) is 5.69 Å². The first kappa shape index (κ1) is 17.3. The molecular formula is C14H23ClN2O2S. The van der Waals surface area contributed by atoms with E-state index in [9.17, 15) is 8.42 Å². The minimum absolute atomic E-state index is 0.0770. The summed E-state index contributed by atoms with van der Waals surface area (Å²) in [6, 6.07) is 4.40. The maximum atomic E-state index is 12.3. The third kappa shape index (κ3) is 4.36. The Morgan fingerprint density at radius 3 is 2.20 bits per heavy atom. The molecule has 0 aliphatic carbocycles. The lowest BCUT2D eigenvalue weighted by Crippen LogP contribution is -2.34. The second-order valence-corrected chi connectivity index (χ2v) is 7.86. The van der Waals surface area contributed by atoms with E-state index in [1.54, 1.807) is 0 Å². The highest BCUT2D eigenvalue weighted by Gasteiger charge is 2.22. The molecule has 0 unspecified atom stereocenters. The lowest BCUT2D eigenvalue weighted by molar-refractivity contribution is 0.289. The molecule has 6 heteroatoms. The quantitative estimate of drug-likeness (QED) is 0.791. The fraction of sp³-hybridized carbons (Fsp3) is 0.571. The molecule has 20 heavy (non-hydrogen) atoms. The molecule has 0 aliphatic rings. The van der Waals surface area contributed by atoms with E-state index in [2.05, 4.69) is 32.4 Å². The van der Waals surface area contributed by atoms with Crippen LogP contribution in [0.15, 0.2) is 23.1 Å². The Labute approximate surface area is 126 Å². The van der Waals surface area contributed by atoms with Gasteiger partial charge in [-0.05, 0) is 36.0 Å². The maximum absolute atomic E-state index is 12.3. The summed E-state index contributed by atoms with van der Waals surface area (Å²) in [6.07, 6.45) is 0. The zero-order valence-corrected chi connectivity index (χ0v) is 13.9. The Balaban J connectivity index is 2.90. The molecular weight excluding hydrogens is 296 g/mol. The lowest BCUT2D eigenvalue weighted by atomic mass is 9.86. The molecule has 1 rings (SSSR count). The van der Waals surface area contributed by atoms with Crippen LogP contribution in [0.2, 0.25) is 5.02 Å². The highest BCUT2D eigenvalue weighted by atomic mass is 35.5. The second kappa shape index (κ2) is 6.78. The van der Waals surface area contributed by atoms with Gasteiger partial charge in [-0.25, -0.2) is 13.1 Å². The summed E-state index contributed by atoms with van der Waals surface area (Å²) in [5.41, 5.74) is 5.89. The topological polar surface area (TPSA) is 72.2 Å². The van der Waals surface area contributed by atoms with E-state index < -0.39 is 10.0 Å². The summed E-state index contributed by atoms with van der Waals surface area (Å²) in [4.78, 5) is 0.0770. The monoisotopic (exact) mass is 318 g/mol. The SMILES string of the molecule is CC(C)C(CNS(=O)(=O)c1ccc(Cl)cc1N)C(C)C. The van der Waals surface area contributed by atoms with Crippen molar-refractivity contribution in [1.29, 1.82) is 0 Å². The van der Waals surface area contributed by atoms with Crippen LogP contribution >= 0.6 is 11.6 Å². The van der Waals surface area contributed by atoms with Gasteiger partial charge >= 0.3 is 0 Å². The fourth-order valence-electron chi connectivity index (χ4n) is 2.29. The van der Waals surface area contributed by atoms with E-state index >= 15 is 0 Å².